The van der Waals surface area contributed by atoms with E-state index in [0.29, 0.717) is 35.8 Å². The van der Waals surface area contributed by atoms with E-state index in [1.165, 1.54) is 0 Å². The zero-order valence-corrected chi connectivity index (χ0v) is 16.0. The Morgan fingerprint density at radius 2 is 1.74 bits per heavy atom. The summed E-state index contributed by atoms with van der Waals surface area (Å²) in [5, 5.41) is 0.624. The number of fused-ring (bicyclic) bond motifs is 2. The highest BCUT2D eigenvalue weighted by molar-refractivity contribution is 6.30. The summed E-state index contributed by atoms with van der Waals surface area (Å²) in [6, 6.07) is 15.4. The molecular weight excluding hydrogens is 360 g/mol. The standard InChI is InChI=1S/C23H23ClO3/c24-20-9-10-21(18(14-20)11-15-5-2-1-3-6-15)27-23(26)19-12-16-7-4-8-17(13-19)22(16)25/h1-3,5-6,9-10,14,16-17,19H,4,7-8,11-13H2. The molecule has 2 aliphatic rings. The van der Waals surface area contributed by atoms with Gasteiger partial charge in [-0.2, -0.15) is 0 Å². The molecule has 2 unspecified atom stereocenters. The second kappa shape index (κ2) is 7.85. The highest BCUT2D eigenvalue weighted by Crippen LogP contribution is 2.40. The van der Waals surface area contributed by atoms with Crippen molar-refractivity contribution in [3.05, 3.63) is 64.7 Å². The first kappa shape index (κ1) is 18.2. The van der Waals surface area contributed by atoms with Crippen LogP contribution in [0.15, 0.2) is 48.5 Å². The predicted molar refractivity (Wildman–Crippen MR) is 105 cm³/mol. The number of halogens is 1. The number of ketones is 1. The summed E-state index contributed by atoms with van der Waals surface area (Å²) < 4.78 is 5.80. The van der Waals surface area contributed by atoms with Crippen molar-refractivity contribution in [3.63, 3.8) is 0 Å². The average molecular weight is 383 g/mol. The van der Waals surface area contributed by atoms with E-state index in [9.17, 15) is 9.59 Å². The first-order chi connectivity index (χ1) is 13.1. The number of benzene rings is 2. The van der Waals surface area contributed by atoms with Crippen LogP contribution in [0.3, 0.4) is 0 Å². The normalized spacial score (nSPS) is 24.5. The second-order valence-corrected chi connectivity index (χ2v) is 8.17. The fourth-order valence-corrected chi connectivity index (χ4v) is 4.66. The Kier molecular flexibility index (Phi) is 5.31. The molecule has 0 aromatic heterocycles. The van der Waals surface area contributed by atoms with Crippen molar-refractivity contribution in [2.75, 3.05) is 0 Å². The van der Waals surface area contributed by atoms with Gasteiger partial charge in [-0.3, -0.25) is 9.59 Å². The summed E-state index contributed by atoms with van der Waals surface area (Å²) in [5.41, 5.74) is 2.03. The first-order valence-corrected chi connectivity index (χ1v) is 10.1. The van der Waals surface area contributed by atoms with Crippen LogP contribution in [0.5, 0.6) is 5.75 Å². The molecule has 2 atom stereocenters. The lowest BCUT2D eigenvalue weighted by Crippen LogP contribution is -2.40. The third-order valence-electron chi connectivity index (χ3n) is 5.85. The van der Waals surface area contributed by atoms with Gasteiger partial charge in [0.2, 0.25) is 0 Å². The van der Waals surface area contributed by atoms with Crippen LogP contribution in [-0.2, 0) is 16.0 Å². The predicted octanol–water partition coefficient (Wildman–Crippen LogP) is 5.23. The summed E-state index contributed by atoms with van der Waals surface area (Å²) in [6.45, 7) is 0. The Hall–Kier alpha value is -2.13. The molecule has 27 heavy (non-hydrogen) atoms. The summed E-state index contributed by atoms with van der Waals surface area (Å²) in [4.78, 5) is 25.1. The van der Waals surface area contributed by atoms with Crippen molar-refractivity contribution in [2.45, 2.75) is 38.5 Å². The minimum absolute atomic E-state index is 0.0454. The van der Waals surface area contributed by atoms with E-state index in [1.54, 1.807) is 12.1 Å². The first-order valence-electron chi connectivity index (χ1n) is 9.68. The van der Waals surface area contributed by atoms with E-state index in [2.05, 4.69) is 0 Å². The van der Waals surface area contributed by atoms with Crippen molar-refractivity contribution in [1.29, 1.82) is 0 Å². The average Bonchev–Trinajstić information content (AvgIpc) is 2.64. The van der Waals surface area contributed by atoms with E-state index in [1.807, 2.05) is 36.4 Å². The molecule has 4 heteroatoms. The van der Waals surface area contributed by atoms with Crippen LogP contribution in [0.4, 0.5) is 0 Å². The molecule has 2 fully saturated rings. The summed E-state index contributed by atoms with van der Waals surface area (Å²) in [7, 11) is 0. The van der Waals surface area contributed by atoms with Gasteiger partial charge < -0.3 is 4.74 Å². The number of esters is 1. The van der Waals surface area contributed by atoms with Crippen LogP contribution >= 0.6 is 11.6 Å². The number of Topliss-reactive ketones (excluding diaryl/α,β-unsaturated/α-hetero) is 1. The van der Waals surface area contributed by atoms with Crippen molar-refractivity contribution in [3.8, 4) is 5.75 Å². The maximum absolute atomic E-state index is 12.8. The van der Waals surface area contributed by atoms with Crippen molar-refractivity contribution in [1.82, 2.24) is 0 Å². The van der Waals surface area contributed by atoms with Gasteiger partial charge >= 0.3 is 5.97 Å². The van der Waals surface area contributed by atoms with Crippen molar-refractivity contribution < 1.29 is 14.3 Å². The summed E-state index contributed by atoms with van der Waals surface area (Å²) in [6.07, 6.45) is 4.85. The summed E-state index contributed by atoms with van der Waals surface area (Å²) >= 11 is 6.17. The quantitative estimate of drug-likeness (QED) is 0.537. The van der Waals surface area contributed by atoms with E-state index < -0.39 is 0 Å². The maximum atomic E-state index is 12.8. The smallest absolute Gasteiger partial charge is 0.314 e. The molecule has 2 saturated carbocycles. The van der Waals surface area contributed by atoms with Gasteiger partial charge in [-0.25, -0.2) is 0 Å². The molecule has 2 aromatic carbocycles. The minimum Gasteiger partial charge on any atom is -0.426 e. The van der Waals surface area contributed by atoms with E-state index in [4.69, 9.17) is 16.3 Å². The molecular formula is C23H23ClO3. The Balaban J connectivity index is 1.50. The fraction of sp³-hybridized carbons (Fsp3) is 0.391. The van der Waals surface area contributed by atoms with E-state index in [-0.39, 0.29) is 23.7 Å². The SMILES string of the molecule is O=C(Oc1ccc(Cl)cc1Cc1ccccc1)C1CC2CCCC(C1)C2=O. The summed E-state index contributed by atoms with van der Waals surface area (Å²) in [5.74, 6) is 0.624. The van der Waals surface area contributed by atoms with E-state index in [0.717, 1.165) is 30.4 Å². The number of carbonyl (C=O) groups excluding carboxylic acids is 2. The minimum atomic E-state index is -0.212. The number of ether oxygens (including phenoxy) is 1. The van der Waals surface area contributed by atoms with Crippen LogP contribution < -0.4 is 4.74 Å². The monoisotopic (exact) mass is 382 g/mol. The molecule has 3 nitrogen and oxygen atoms in total. The molecule has 140 valence electrons. The second-order valence-electron chi connectivity index (χ2n) is 7.73. The molecule has 0 radical (unpaired) electrons. The van der Waals surface area contributed by atoms with Gasteiger partial charge in [-0.05, 0) is 49.4 Å². The third-order valence-corrected chi connectivity index (χ3v) is 6.09. The van der Waals surface area contributed by atoms with Crippen LogP contribution in [0, 0.1) is 17.8 Å². The fourth-order valence-electron chi connectivity index (χ4n) is 4.47. The molecule has 0 spiro atoms. The molecule has 0 aliphatic heterocycles. The number of hydrogen-bond acceptors (Lipinski definition) is 3. The molecule has 4 rings (SSSR count). The topological polar surface area (TPSA) is 43.4 Å². The molecule has 2 aliphatic carbocycles. The zero-order chi connectivity index (χ0) is 18.8. The maximum Gasteiger partial charge on any atom is 0.314 e. The van der Waals surface area contributed by atoms with Gasteiger partial charge in [0.25, 0.3) is 0 Å². The van der Waals surface area contributed by atoms with E-state index >= 15 is 0 Å². The lowest BCUT2D eigenvalue weighted by molar-refractivity contribution is -0.145. The number of carbonyl (C=O) groups is 2. The van der Waals surface area contributed by atoms with Gasteiger partial charge in [0.1, 0.15) is 11.5 Å². The van der Waals surface area contributed by atoms with Crippen LogP contribution in [-0.4, -0.2) is 11.8 Å². The van der Waals surface area contributed by atoms with Crippen LogP contribution in [0.2, 0.25) is 5.02 Å². The molecule has 2 aromatic rings. The lowest BCUT2D eigenvalue weighted by atomic mass is 9.67. The van der Waals surface area contributed by atoms with Gasteiger partial charge in [-0.15, -0.1) is 0 Å². The molecule has 0 heterocycles. The Bertz CT molecular complexity index is 830. The molecule has 2 bridgehead atoms. The Morgan fingerprint density at radius 1 is 1.04 bits per heavy atom. The largest absolute Gasteiger partial charge is 0.426 e. The van der Waals surface area contributed by atoms with Crippen LogP contribution in [0.1, 0.15) is 43.2 Å². The van der Waals surface area contributed by atoms with Crippen molar-refractivity contribution >= 4 is 23.4 Å². The highest BCUT2D eigenvalue weighted by Gasteiger charge is 2.42. The van der Waals surface area contributed by atoms with Gasteiger partial charge in [0, 0.05) is 28.8 Å². The van der Waals surface area contributed by atoms with Gasteiger partial charge in [-0.1, -0.05) is 48.4 Å². The van der Waals surface area contributed by atoms with Crippen LogP contribution in [0.25, 0.3) is 0 Å². The Labute approximate surface area is 164 Å². The highest BCUT2D eigenvalue weighted by atomic mass is 35.5. The van der Waals surface area contributed by atoms with Crippen molar-refractivity contribution in [2.24, 2.45) is 17.8 Å². The molecule has 0 saturated heterocycles. The Morgan fingerprint density at radius 3 is 2.44 bits per heavy atom. The molecule has 0 N–H and O–H groups in total. The molecule has 0 amide bonds. The van der Waals surface area contributed by atoms with Gasteiger partial charge in [0.05, 0.1) is 5.92 Å². The third kappa shape index (κ3) is 4.08. The number of rotatable bonds is 4. The zero-order valence-electron chi connectivity index (χ0n) is 15.2. The lowest BCUT2D eigenvalue weighted by Gasteiger charge is -2.36. The van der Waals surface area contributed by atoms with Gasteiger partial charge in [0.15, 0.2) is 0 Å². The number of hydrogen-bond donors (Lipinski definition) is 0.